The van der Waals surface area contributed by atoms with E-state index in [9.17, 15) is 20.1 Å². The van der Waals surface area contributed by atoms with Gasteiger partial charge >= 0.3 is 0 Å². The zero-order valence-corrected chi connectivity index (χ0v) is 17.2. The summed E-state index contributed by atoms with van der Waals surface area (Å²) in [6.07, 6.45) is 13.8. The van der Waals surface area contributed by atoms with Crippen molar-refractivity contribution in [1.29, 1.82) is 0 Å². The molecule has 4 N–H and O–H groups in total. The minimum atomic E-state index is -0.936. The standard InChI is InChI=1S/C23H38O5/c1-3-5-14-23(28,4-2)15-10-13-20-19(21(26)16-22(20)27)12-9-7-6-8-11-18(25)17-24/h4,7,9-10,13,18-20,22,24-25,27-28H,2-3,5-6,8,11-12,14-17H2,1H3/t18?,19-,20-,22-,23?/m1/s1. The number of hydrogen-bond donors (Lipinski definition) is 4. The van der Waals surface area contributed by atoms with E-state index in [1.54, 1.807) is 6.08 Å². The molecule has 0 amide bonds. The molecule has 1 saturated carbocycles. The Labute approximate surface area is 169 Å². The Kier molecular flexibility index (Phi) is 11.5. The Morgan fingerprint density at radius 1 is 1.29 bits per heavy atom. The number of rotatable bonds is 14. The lowest BCUT2D eigenvalue weighted by Crippen LogP contribution is -2.25. The zero-order valence-electron chi connectivity index (χ0n) is 17.2. The van der Waals surface area contributed by atoms with Gasteiger partial charge < -0.3 is 20.4 Å². The van der Waals surface area contributed by atoms with Crippen molar-refractivity contribution >= 4 is 5.78 Å². The lowest BCUT2D eigenvalue weighted by Gasteiger charge is -2.23. The van der Waals surface area contributed by atoms with Gasteiger partial charge in [-0.05, 0) is 38.5 Å². The van der Waals surface area contributed by atoms with E-state index >= 15 is 0 Å². The van der Waals surface area contributed by atoms with Crippen molar-refractivity contribution in [2.75, 3.05) is 6.61 Å². The molecule has 0 spiro atoms. The molecule has 0 aromatic rings. The van der Waals surface area contributed by atoms with Crippen molar-refractivity contribution in [3.8, 4) is 0 Å². The second-order valence-corrected chi connectivity index (χ2v) is 7.94. The number of Topliss-reactive ketones (excluding diaryl/α,β-unsaturated/α-hetero) is 1. The molecule has 1 rings (SSSR count). The van der Waals surface area contributed by atoms with E-state index in [-0.39, 0.29) is 30.6 Å². The third-order valence-corrected chi connectivity index (χ3v) is 5.58. The van der Waals surface area contributed by atoms with Crippen LogP contribution in [0.25, 0.3) is 0 Å². The summed E-state index contributed by atoms with van der Waals surface area (Å²) in [5.41, 5.74) is -0.936. The van der Waals surface area contributed by atoms with Gasteiger partial charge in [0.15, 0.2) is 0 Å². The summed E-state index contributed by atoms with van der Waals surface area (Å²) in [6, 6.07) is 0. The van der Waals surface area contributed by atoms with E-state index in [4.69, 9.17) is 5.11 Å². The highest BCUT2D eigenvalue weighted by Crippen LogP contribution is 2.34. The number of hydrogen-bond acceptors (Lipinski definition) is 5. The summed E-state index contributed by atoms with van der Waals surface area (Å²) in [5, 5.41) is 38.9. The molecule has 0 aromatic carbocycles. The molecule has 0 saturated heterocycles. The van der Waals surface area contributed by atoms with E-state index in [1.807, 2.05) is 24.3 Å². The van der Waals surface area contributed by atoms with Crippen LogP contribution in [-0.2, 0) is 4.79 Å². The Hall–Kier alpha value is -1.27. The highest BCUT2D eigenvalue weighted by atomic mass is 16.3. The number of carbonyl (C=O) groups excluding carboxylic acids is 1. The molecule has 2 unspecified atom stereocenters. The van der Waals surface area contributed by atoms with Gasteiger partial charge in [0, 0.05) is 18.3 Å². The van der Waals surface area contributed by atoms with Gasteiger partial charge in [0.05, 0.1) is 24.4 Å². The predicted molar refractivity (Wildman–Crippen MR) is 112 cm³/mol. The molecular weight excluding hydrogens is 356 g/mol. The second-order valence-electron chi connectivity index (χ2n) is 7.94. The van der Waals surface area contributed by atoms with Gasteiger partial charge in [0.1, 0.15) is 5.78 Å². The summed E-state index contributed by atoms with van der Waals surface area (Å²) in [7, 11) is 0. The summed E-state index contributed by atoms with van der Waals surface area (Å²) in [5.74, 6) is -0.390. The smallest absolute Gasteiger partial charge is 0.139 e. The van der Waals surface area contributed by atoms with E-state index < -0.39 is 17.8 Å². The van der Waals surface area contributed by atoms with E-state index in [1.165, 1.54) is 0 Å². The molecule has 5 heteroatoms. The zero-order chi connectivity index (χ0) is 21.0. The third kappa shape index (κ3) is 8.39. The highest BCUT2D eigenvalue weighted by Gasteiger charge is 2.39. The van der Waals surface area contributed by atoms with Crippen LogP contribution in [-0.4, -0.2) is 50.6 Å². The van der Waals surface area contributed by atoms with Gasteiger partial charge in [-0.15, -0.1) is 6.58 Å². The Balaban J connectivity index is 2.56. The molecule has 5 nitrogen and oxygen atoms in total. The summed E-state index contributed by atoms with van der Waals surface area (Å²) < 4.78 is 0. The molecule has 0 heterocycles. The van der Waals surface area contributed by atoms with Crippen LogP contribution >= 0.6 is 0 Å². The first-order chi connectivity index (χ1) is 13.4. The summed E-state index contributed by atoms with van der Waals surface area (Å²) >= 11 is 0. The van der Waals surface area contributed by atoms with Crippen LogP contribution in [0.1, 0.15) is 64.7 Å². The molecule has 1 aliphatic rings. The number of aliphatic hydroxyl groups is 4. The molecule has 0 aromatic heterocycles. The highest BCUT2D eigenvalue weighted by molar-refractivity contribution is 5.84. The Bertz CT molecular complexity index is 527. The second kappa shape index (κ2) is 13.0. The van der Waals surface area contributed by atoms with E-state index in [2.05, 4.69) is 13.5 Å². The van der Waals surface area contributed by atoms with Crippen LogP contribution in [0.4, 0.5) is 0 Å². The summed E-state index contributed by atoms with van der Waals surface area (Å²) in [6.45, 7) is 5.59. The Morgan fingerprint density at radius 2 is 2.04 bits per heavy atom. The maximum absolute atomic E-state index is 12.2. The Morgan fingerprint density at radius 3 is 2.68 bits per heavy atom. The average Bonchev–Trinajstić information content (AvgIpc) is 2.95. The molecule has 160 valence electrons. The van der Waals surface area contributed by atoms with Crippen LogP contribution in [0.2, 0.25) is 0 Å². The van der Waals surface area contributed by atoms with Crippen LogP contribution < -0.4 is 0 Å². The topological polar surface area (TPSA) is 98.0 Å². The molecule has 5 atom stereocenters. The average molecular weight is 395 g/mol. The number of aliphatic hydroxyl groups excluding tert-OH is 3. The first-order valence-corrected chi connectivity index (χ1v) is 10.5. The van der Waals surface area contributed by atoms with E-state index in [0.29, 0.717) is 25.7 Å². The molecular formula is C23H38O5. The largest absolute Gasteiger partial charge is 0.394 e. The van der Waals surface area contributed by atoms with Gasteiger partial charge in [-0.1, -0.05) is 50.1 Å². The van der Waals surface area contributed by atoms with Crippen molar-refractivity contribution in [2.45, 2.75) is 82.5 Å². The number of allylic oxidation sites excluding steroid dienone is 2. The normalized spacial score (nSPS) is 26.2. The number of carbonyl (C=O) groups is 1. The van der Waals surface area contributed by atoms with Gasteiger partial charge in [0.25, 0.3) is 0 Å². The third-order valence-electron chi connectivity index (χ3n) is 5.58. The fourth-order valence-electron chi connectivity index (χ4n) is 3.65. The first kappa shape index (κ1) is 24.8. The van der Waals surface area contributed by atoms with Gasteiger partial charge in [-0.3, -0.25) is 4.79 Å². The SMILES string of the molecule is C=CC(O)(CC=C[C@H]1[C@H](O)CC(=O)[C@@H]1CC=CCCCC(O)CO)CCCC. The summed E-state index contributed by atoms with van der Waals surface area (Å²) in [4.78, 5) is 12.2. The van der Waals surface area contributed by atoms with Crippen molar-refractivity contribution in [3.63, 3.8) is 0 Å². The van der Waals surface area contributed by atoms with Crippen molar-refractivity contribution in [2.24, 2.45) is 11.8 Å². The van der Waals surface area contributed by atoms with E-state index in [0.717, 1.165) is 25.7 Å². The van der Waals surface area contributed by atoms with Gasteiger partial charge in [0.2, 0.25) is 0 Å². The monoisotopic (exact) mass is 394 g/mol. The first-order valence-electron chi connectivity index (χ1n) is 10.5. The molecule has 28 heavy (non-hydrogen) atoms. The van der Waals surface area contributed by atoms with Gasteiger partial charge in [-0.25, -0.2) is 0 Å². The molecule has 0 bridgehead atoms. The van der Waals surface area contributed by atoms with Crippen LogP contribution in [0.15, 0.2) is 37.0 Å². The quantitative estimate of drug-likeness (QED) is 0.268. The van der Waals surface area contributed by atoms with Crippen LogP contribution in [0.5, 0.6) is 0 Å². The lowest BCUT2D eigenvalue weighted by molar-refractivity contribution is -0.121. The van der Waals surface area contributed by atoms with Crippen molar-refractivity contribution < 1.29 is 25.2 Å². The van der Waals surface area contributed by atoms with Gasteiger partial charge in [-0.2, -0.15) is 0 Å². The van der Waals surface area contributed by atoms with Crippen LogP contribution in [0.3, 0.4) is 0 Å². The maximum Gasteiger partial charge on any atom is 0.139 e. The molecule has 0 radical (unpaired) electrons. The molecule has 0 aliphatic heterocycles. The molecule has 1 aliphatic carbocycles. The molecule has 1 fully saturated rings. The van der Waals surface area contributed by atoms with Crippen molar-refractivity contribution in [1.82, 2.24) is 0 Å². The fraction of sp³-hybridized carbons (Fsp3) is 0.696. The fourth-order valence-corrected chi connectivity index (χ4v) is 3.65. The maximum atomic E-state index is 12.2. The minimum absolute atomic E-state index is 0.0764. The lowest BCUT2D eigenvalue weighted by atomic mass is 9.88. The minimum Gasteiger partial charge on any atom is -0.394 e. The number of unbranched alkanes of at least 4 members (excludes halogenated alkanes) is 2. The van der Waals surface area contributed by atoms with Crippen LogP contribution in [0, 0.1) is 11.8 Å². The predicted octanol–water partition coefficient (Wildman–Crippen LogP) is 3.08. The number of ketones is 1. The van der Waals surface area contributed by atoms with Crippen molar-refractivity contribution in [3.05, 3.63) is 37.0 Å².